The third-order valence-electron chi connectivity index (χ3n) is 5.37. The first-order valence-electron chi connectivity index (χ1n) is 8.75. The molecule has 3 nitrogen and oxygen atoms in total. The maximum atomic E-state index is 2.46. The number of aromatic nitrogens is 3. The smallest absolute Gasteiger partial charge is 0.217 e. The van der Waals surface area contributed by atoms with Crippen molar-refractivity contribution in [3.8, 4) is 11.5 Å². The first kappa shape index (κ1) is 13.1. The summed E-state index contributed by atoms with van der Waals surface area (Å²) in [7, 11) is 0. The van der Waals surface area contributed by atoms with Crippen molar-refractivity contribution in [1.82, 2.24) is 4.40 Å². The van der Waals surface area contributed by atoms with Crippen LogP contribution in [0.4, 0.5) is 0 Å². The van der Waals surface area contributed by atoms with Crippen LogP contribution in [0.1, 0.15) is 0 Å². The molecule has 25 heavy (non-hydrogen) atoms. The molecule has 0 aliphatic carbocycles. The molecule has 3 aromatic heterocycles. The van der Waals surface area contributed by atoms with Crippen LogP contribution in [0.15, 0.2) is 79.0 Å². The third kappa shape index (κ3) is 1.70. The fourth-order valence-electron chi connectivity index (χ4n) is 4.25. The minimum atomic E-state index is 0.997. The van der Waals surface area contributed by atoms with Gasteiger partial charge in [-0.1, -0.05) is 30.3 Å². The highest BCUT2D eigenvalue weighted by Gasteiger charge is 2.35. The summed E-state index contributed by atoms with van der Waals surface area (Å²) in [6.45, 7) is 2.00. The second kappa shape index (κ2) is 4.67. The van der Waals surface area contributed by atoms with Crippen molar-refractivity contribution in [2.75, 3.05) is 0 Å². The molecule has 118 valence electrons. The predicted octanol–water partition coefficient (Wildman–Crippen LogP) is 3.50. The molecule has 0 amide bonds. The second-order valence-corrected chi connectivity index (χ2v) is 6.73. The molecule has 0 N–H and O–H groups in total. The molecule has 4 heterocycles. The number of hydrogen-bond donors (Lipinski definition) is 0. The molecule has 1 aliphatic rings. The maximum absolute atomic E-state index is 2.46. The van der Waals surface area contributed by atoms with Crippen LogP contribution in [0.5, 0.6) is 0 Å². The Hall–Kier alpha value is -3.20. The van der Waals surface area contributed by atoms with Gasteiger partial charge in [-0.2, -0.15) is 8.97 Å². The van der Waals surface area contributed by atoms with Gasteiger partial charge >= 0.3 is 5.82 Å². The van der Waals surface area contributed by atoms with Crippen molar-refractivity contribution >= 4 is 27.3 Å². The van der Waals surface area contributed by atoms with Crippen LogP contribution >= 0.6 is 0 Å². The topological polar surface area (TPSA) is 12.2 Å². The fourth-order valence-corrected chi connectivity index (χ4v) is 4.25. The van der Waals surface area contributed by atoms with E-state index >= 15 is 0 Å². The number of pyridine rings is 2. The highest BCUT2D eigenvalue weighted by Crippen LogP contribution is 2.25. The minimum absolute atomic E-state index is 0.997. The van der Waals surface area contributed by atoms with Gasteiger partial charge in [-0.15, -0.1) is 0 Å². The number of fused-ring (bicyclic) bond motifs is 9. The lowest BCUT2D eigenvalue weighted by molar-refractivity contribution is -0.783. The van der Waals surface area contributed by atoms with Crippen LogP contribution < -0.4 is 9.13 Å². The van der Waals surface area contributed by atoms with Crippen molar-refractivity contribution in [3.63, 3.8) is 0 Å². The summed E-state index contributed by atoms with van der Waals surface area (Å²) in [5, 5.41) is 2.57. The molecule has 0 bridgehead atoms. The Morgan fingerprint density at radius 1 is 0.720 bits per heavy atom. The number of benzene rings is 2. The zero-order chi connectivity index (χ0) is 16.4. The van der Waals surface area contributed by atoms with E-state index in [0.29, 0.717) is 0 Å². The minimum Gasteiger partial charge on any atom is -0.217 e. The predicted molar refractivity (Wildman–Crippen MR) is 98.2 cm³/mol. The van der Waals surface area contributed by atoms with Gasteiger partial charge in [0.05, 0.1) is 0 Å². The van der Waals surface area contributed by atoms with Crippen molar-refractivity contribution in [1.29, 1.82) is 0 Å². The van der Waals surface area contributed by atoms with E-state index in [9.17, 15) is 0 Å². The summed E-state index contributed by atoms with van der Waals surface area (Å²) < 4.78 is 7.25. The van der Waals surface area contributed by atoms with Crippen molar-refractivity contribution < 1.29 is 9.13 Å². The van der Waals surface area contributed by atoms with Crippen LogP contribution in [0.3, 0.4) is 0 Å². The number of hydrogen-bond acceptors (Lipinski definition) is 0. The van der Waals surface area contributed by atoms with Crippen LogP contribution in [-0.4, -0.2) is 4.40 Å². The first-order valence-corrected chi connectivity index (χ1v) is 8.75. The standard InChI is InChI=1S/C22H17N3/c1-3-7-19-16(5-1)10-12-21-22-23(13-14-24(19)21)15-18-11-9-17-6-2-4-8-20(17)25(18)22/h1-12,15H,13-14H2/q+2. The van der Waals surface area contributed by atoms with E-state index in [4.69, 9.17) is 0 Å². The Morgan fingerprint density at radius 2 is 1.52 bits per heavy atom. The van der Waals surface area contributed by atoms with Gasteiger partial charge in [0.25, 0.3) is 5.69 Å². The van der Waals surface area contributed by atoms with Crippen LogP contribution in [0.25, 0.3) is 38.8 Å². The van der Waals surface area contributed by atoms with Crippen LogP contribution in [0.2, 0.25) is 0 Å². The Balaban J connectivity index is 1.80. The van der Waals surface area contributed by atoms with Crippen LogP contribution in [-0.2, 0) is 13.1 Å². The highest BCUT2D eigenvalue weighted by molar-refractivity contribution is 5.84. The molecule has 5 aromatic rings. The van der Waals surface area contributed by atoms with Gasteiger partial charge in [0, 0.05) is 22.9 Å². The maximum Gasteiger partial charge on any atom is 0.360 e. The number of nitrogens with zero attached hydrogens (tertiary/aromatic N) is 3. The normalized spacial score (nSPS) is 13.3. The summed E-state index contributed by atoms with van der Waals surface area (Å²) in [4.78, 5) is 0. The lowest BCUT2D eigenvalue weighted by Gasteiger charge is -2.10. The summed E-state index contributed by atoms with van der Waals surface area (Å²) in [5.74, 6) is 1.27. The van der Waals surface area contributed by atoms with E-state index < -0.39 is 0 Å². The molecule has 0 unspecified atom stereocenters. The Kier molecular flexibility index (Phi) is 2.45. The lowest BCUT2D eigenvalue weighted by atomic mass is 10.1. The third-order valence-corrected chi connectivity index (χ3v) is 5.37. The van der Waals surface area contributed by atoms with E-state index in [-0.39, 0.29) is 0 Å². The number of imidazole rings is 1. The van der Waals surface area contributed by atoms with E-state index in [1.165, 1.54) is 38.8 Å². The highest BCUT2D eigenvalue weighted by atomic mass is 15.2. The van der Waals surface area contributed by atoms with Crippen molar-refractivity contribution in [2.24, 2.45) is 0 Å². The average molecular weight is 323 g/mol. The zero-order valence-corrected chi connectivity index (χ0v) is 13.8. The summed E-state index contributed by atoms with van der Waals surface area (Å²) in [6.07, 6.45) is 2.28. The number of para-hydroxylation sites is 2. The quantitative estimate of drug-likeness (QED) is 0.387. The zero-order valence-electron chi connectivity index (χ0n) is 13.8. The monoisotopic (exact) mass is 323 g/mol. The van der Waals surface area contributed by atoms with Gasteiger partial charge < -0.3 is 0 Å². The van der Waals surface area contributed by atoms with Crippen molar-refractivity contribution in [2.45, 2.75) is 13.1 Å². The molecule has 0 spiro atoms. The molecule has 0 saturated carbocycles. The Bertz CT molecular complexity index is 1300. The number of rotatable bonds is 0. The Labute approximate surface area is 145 Å². The van der Waals surface area contributed by atoms with E-state index in [0.717, 1.165) is 13.1 Å². The molecular formula is C22H17N3+2. The Morgan fingerprint density at radius 3 is 2.48 bits per heavy atom. The largest absolute Gasteiger partial charge is 0.360 e. The molecule has 0 radical (unpaired) electrons. The fraction of sp³-hybridized carbons (Fsp3) is 0.0909. The molecule has 0 atom stereocenters. The molecule has 0 fully saturated rings. The molecule has 1 aliphatic heterocycles. The summed E-state index contributed by atoms with van der Waals surface area (Å²) >= 11 is 0. The van der Waals surface area contributed by atoms with Gasteiger partial charge in [-0.3, -0.25) is 0 Å². The SMILES string of the molecule is c1ccc2c(c1)ccc1c[n+]3c(n12)-c1ccc2ccccc2[n+]1CC3. The summed E-state index contributed by atoms with van der Waals surface area (Å²) in [5.41, 5.74) is 5.09. The van der Waals surface area contributed by atoms with Gasteiger partial charge in [0.15, 0.2) is 12.1 Å². The molecule has 3 heteroatoms. The lowest BCUT2D eigenvalue weighted by Crippen LogP contribution is -2.53. The average Bonchev–Trinajstić information content (AvgIpc) is 3.07. The van der Waals surface area contributed by atoms with Gasteiger partial charge in [0.1, 0.15) is 18.3 Å². The molecule has 2 aromatic carbocycles. The van der Waals surface area contributed by atoms with E-state index in [2.05, 4.69) is 92.5 Å². The van der Waals surface area contributed by atoms with Crippen molar-refractivity contribution in [3.05, 3.63) is 79.0 Å². The van der Waals surface area contributed by atoms with E-state index in [1.807, 2.05) is 0 Å². The van der Waals surface area contributed by atoms with Gasteiger partial charge in [-0.05, 0) is 30.3 Å². The first-order chi connectivity index (χ1) is 12.4. The van der Waals surface area contributed by atoms with Crippen LogP contribution in [0, 0.1) is 0 Å². The molecule has 0 saturated heterocycles. The second-order valence-electron chi connectivity index (χ2n) is 6.73. The number of aryl methyl sites for hydroxylation is 2. The summed E-state index contributed by atoms with van der Waals surface area (Å²) in [6, 6.07) is 26.2. The van der Waals surface area contributed by atoms with Gasteiger partial charge in [-0.25, -0.2) is 4.57 Å². The van der Waals surface area contributed by atoms with E-state index in [1.54, 1.807) is 0 Å². The molecular weight excluding hydrogens is 306 g/mol. The van der Waals surface area contributed by atoms with Gasteiger partial charge in [0.2, 0.25) is 5.52 Å². The molecule has 6 rings (SSSR count).